The third-order valence-electron chi connectivity index (χ3n) is 5.16. The average Bonchev–Trinajstić information content (AvgIpc) is 3.37. The van der Waals surface area contributed by atoms with Crippen LogP contribution in [0.3, 0.4) is 0 Å². The maximum Gasteiger partial charge on any atom is 0.257 e. The quantitative estimate of drug-likeness (QED) is 0.912. The molecule has 1 saturated carbocycles. The van der Waals surface area contributed by atoms with E-state index in [0.29, 0.717) is 17.3 Å². The lowest BCUT2D eigenvalue weighted by molar-refractivity contribution is 0.0704. The minimum absolute atomic E-state index is 0.0632. The molecule has 2 aliphatic rings. The topological polar surface area (TPSA) is 71.3 Å². The minimum Gasteiger partial charge on any atom is -0.338 e. The number of pyridine rings is 1. The SMILES string of the molecule is CCc1noc2ncc(C(=O)N3CCC(NCC4CC4)CC3)cc12. The minimum atomic E-state index is 0.0632. The molecule has 24 heavy (non-hydrogen) atoms. The molecule has 6 heteroatoms. The molecule has 1 aliphatic heterocycles. The number of aromatic nitrogens is 2. The number of nitrogens with one attached hydrogen (secondary N) is 1. The Labute approximate surface area is 141 Å². The fourth-order valence-electron chi connectivity index (χ4n) is 3.38. The lowest BCUT2D eigenvalue weighted by Gasteiger charge is -2.32. The smallest absolute Gasteiger partial charge is 0.257 e. The van der Waals surface area contributed by atoms with Crippen LogP contribution in [0.5, 0.6) is 0 Å². The number of nitrogens with zero attached hydrogens (tertiary/aromatic N) is 3. The molecule has 1 amide bonds. The van der Waals surface area contributed by atoms with Crippen LogP contribution >= 0.6 is 0 Å². The van der Waals surface area contributed by atoms with Gasteiger partial charge in [-0.15, -0.1) is 0 Å². The summed E-state index contributed by atoms with van der Waals surface area (Å²) in [5.74, 6) is 0.965. The maximum absolute atomic E-state index is 12.8. The van der Waals surface area contributed by atoms with Crippen LogP contribution in [-0.4, -0.2) is 46.6 Å². The number of likely N-dealkylation sites (tertiary alicyclic amines) is 1. The summed E-state index contributed by atoms with van der Waals surface area (Å²) in [6.07, 6.45) is 7.19. The summed E-state index contributed by atoms with van der Waals surface area (Å²) in [7, 11) is 0. The van der Waals surface area contributed by atoms with Crippen molar-refractivity contribution in [3.8, 4) is 0 Å². The van der Waals surface area contributed by atoms with E-state index >= 15 is 0 Å². The Hall–Kier alpha value is -1.95. The number of rotatable bonds is 5. The molecule has 128 valence electrons. The Bertz CT molecular complexity index is 730. The molecule has 1 N–H and O–H groups in total. The zero-order chi connectivity index (χ0) is 16.5. The Kier molecular flexibility index (Phi) is 4.22. The lowest BCUT2D eigenvalue weighted by Crippen LogP contribution is -2.45. The molecule has 3 heterocycles. The standard InChI is InChI=1S/C18H24N4O2/c1-2-16-15-9-13(11-20-17(15)24-21-16)18(23)22-7-5-14(6-8-22)19-10-12-3-4-12/h9,11-12,14,19H,2-8,10H2,1H3. The second kappa shape index (κ2) is 6.51. The number of amides is 1. The molecule has 0 bridgehead atoms. The summed E-state index contributed by atoms with van der Waals surface area (Å²) in [5.41, 5.74) is 1.99. The predicted molar refractivity (Wildman–Crippen MR) is 90.8 cm³/mol. The van der Waals surface area contributed by atoms with Crippen molar-refractivity contribution >= 4 is 17.0 Å². The van der Waals surface area contributed by atoms with Crippen LogP contribution < -0.4 is 5.32 Å². The first-order valence-corrected chi connectivity index (χ1v) is 9.01. The van der Waals surface area contributed by atoms with Gasteiger partial charge >= 0.3 is 0 Å². The van der Waals surface area contributed by atoms with Gasteiger partial charge in [-0.2, -0.15) is 0 Å². The van der Waals surface area contributed by atoms with Gasteiger partial charge in [0.15, 0.2) is 0 Å². The second-order valence-corrected chi connectivity index (χ2v) is 6.98. The Morgan fingerprint density at radius 3 is 2.83 bits per heavy atom. The molecule has 2 fully saturated rings. The van der Waals surface area contributed by atoms with Crippen LogP contribution in [0.2, 0.25) is 0 Å². The van der Waals surface area contributed by atoms with Gasteiger partial charge in [-0.25, -0.2) is 4.98 Å². The number of piperidine rings is 1. The monoisotopic (exact) mass is 328 g/mol. The molecule has 0 spiro atoms. The summed E-state index contributed by atoms with van der Waals surface area (Å²) in [6.45, 7) is 4.78. The molecule has 0 radical (unpaired) electrons. The van der Waals surface area contributed by atoms with Crippen molar-refractivity contribution < 1.29 is 9.32 Å². The Balaban J connectivity index is 1.40. The molecule has 2 aromatic rings. The first-order chi connectivity index (χ1) is 11.7. The van der Waals surface area contributed by atoms with Crippen molar-refractivity contribution in [2.24, 2.45) is 5.92 Å². The molecule has 1 saturated heterocycles. The van der Waals surface area contributed by atoms with Crippen LogP contribution in [0.25, 0.3) is 11.1 Å². The van der Waals surface area contributed by atoms with Gasteiger partial charge in [-0.1, -0.05) is 12.1 Å². The lowest BCUT2D eigenvalue weighted by atomic mass is 10.0. The molecular formula is C18H24N4O2. The van der Waals surface area contributed by atoms with E-state index in [2.05, 4.69) is 15.5 Å². The van der Waals surface area contributed by atoms with Crippen molar-refractivity contribution in [2.75, 3.05) is 19.6 Å². The molecule has 0 unspecified atom stereocenters. The second-order valence-electron chi connectivity index (χ2n) is 6.98. The van der Waals surface area contributed by atoms with E-state index in [-0.39, 0.29) is 5.91 Å². The zero-order valence-electron chi connectivity index (χ0n) is 14.1. The Morgan fingerprint density at radius 1 is 1.33 bits per heavy atom. The summed E-state index contributed by atoms with van der Waals surface area (Å²) in [6, 6.07) is 2.43. The van der Waals surface area contributed by atoms with E-state index in [4.69, 9.17) is 4.52 Å². The van der Waals surface area contributed by atoms with Crippen molar-refractivity contribution in [3.63, 3.8) is 0 Å². The fourth-order valence-corrected chi connectivity index (χ4v) is 3.38. The van der Waals surface area contributed by atoms with Crippen molar-refractivity contribution in [3.05, 3.63) is 23.5 Å². The first kappa shape index (κ1) is 15.6. The van der Waals surface area contributed by atoms with Gasteiger partial charge < -0.3 is 14.7 Å². The summed E-state index contributed by atoms with van der Waals surface area (Å²) >= 11 is 0. The summed E-state index contributed by atoms with van der Waals surface area (Å²) in [5, 5.41) is 8.50. The molecule has 0 atom stereocenters. The van der Waals surface area contributed by atoms with Gasteiger partial charge in [-0.3, -0.25) is 4.79 Å². The van der Waals surface area contributed by atoms with Crippen molar-refractivity contribution in [1.82, 2.24) is 20.4 Å². The van der Waals surface area contributed by atoms with Gasteiger partial charge in [-0.05, 0) is 50.6 Å². The van der Waals surface area contributed by atoms with E-state index in [1.165, 1.54) is 12.8 Å². The van der Waals surface area contributed by atoms with Crippen LogP contribution in [0.15, 0.2) is 16.8 Å². The van der Waals surface area contributed by atoms with E-state index in [0.717, 1.165) is 55.9 Å². The molecule has 4 rings (SSSR count). The average molecular weight is 328 g/mol. The van der Waals surface area contributed by atoms with E-state index < -0.39 is 0 Å². The number of fused-ring (bicyclic) bond motifs is 1. The molecule has 2 aromatic heterocycles. The van der Waals surface area contributed by atoms with Gasteiger partial charge in [0, 0.05) is 25.3 Å². The number of aryl methyl sites for hydroxylation is 1. The summed E-state index contributed by atoms with van der Waals surface area (Å²) in [4.78, 5) is 19.0. The van der Waals surface area contributed by atoms with Crippen LogP contribution in [0, 0.1) is 5.92 Å². The number of carbonyl (C=O) groups is 1. The maximum atomic E-state index is 12.8. The molecule has 0 aromatic carbocycles. The highest BCUT2D eigenvalue weighted by molar-refractivity contribution is 5.97. The van der Waals surface area contributed by atoms with Crippen molar-refractivity contribution in [1.29, 1.82) is 0 Å². The largest absolute Gasteiger partial charge is 0.338 e. The zero-order valence-corrected chi connectivity index (χ0v) is 14.1. The van der Waals surface area contributed by atoms with Gasteiger partial charge in [0.2, 0.25) is 0 Å². The highest BCUT2D eigenvalue weighted by atomic mass is 16.5. The third kappa shape index (κ3) is 3.15. The molecule has 6 nitrogen and oxygen atoms in total. The number of hydrogen-bond acceptors (Lipinski definition) is 5. The molecule has 1 aliphatic carbocycles. The summed E-state index contributed by atoms with van der Waals surface area (Å²) < 4.78 is 5.19. The van der Waals surface area contributed by atoms with Gasteiger partial charge in [0.05, 0.1) is 16.6 Å². The van der Waals surface area contributed by atoms with Crippen LogP contribution in [-0.2, 0) is 6.42 Å². The number of hydrogen-bond donors (Lipinski definition) is 1. The third-order valence-corrected chi connectivity index (χ3v) is 5.16. The van der Waals surface area contributed by atoms with Gasteiger partial charge in [0.25, 0.3) is 11.6 Å². The first-order valence-electron chi connectivity index (χ1n) is 9.01. The van der Waals surface area contributed by atoms with Gasteiger partial charge in [0.1, 0.15) is 0 Å². The van der Waals surface area contributed by atoms with Crippen LogP contribution in [0.1, 0.15) is 48.7 Å². The highest BCUT2D eigenvalue weighted by Crippen LogP contribution is 2.28. The van der Waals surface area contributed by atoms with E-state index in [1.54, 1.807) is 6.20 Å². The van der Waals surface area contributed by atoms with E-state index in [9.17, 15) is 4.79 Å². The normalized spacial score (nSPS) is 19.1. The van der Waals surface area contributed by atoms with Crippen LogP contribution in [0.4, 0.5) is 0 Å². The highest BCUT2D eigenvalue weighted by Gasteiger charge is 2.26. The number of carbonyl (C=O) groups excluding carboxylic acids is 1. The Morgan fingerprint density at radius 2 is 2.12 bits per heavy atom. The van der Waals surface area contributed by atoms with E-state index in [1.807, 2.05) is 17.9 Å². The van der Waals surface area contributed by atoms with Crippen molar-refractivity contribution in [2.45, 2.75) is 45.1 Å². The predicted octanol–water partition coefficient (Wildman–Crippen LogP) is 2.39. The molecular weight excluding hydrogens is 304 g/mol. The fraction of sp³-hybridized carbons (Fsp3) is 0.611.